The van der Waals surface area contributed by atoms with Gasteiger partial charge in [0.05, 0.1) is 5.56 Å². The number of nitrogen functional groups attached to an aromatic ring is 1. The summed E-state index contributed by atoms with van der Waals surface area (Å²) in [6.07, 6.45) is 1.57. The van der Waals surface area contributed by atoms with E-state index in [1.807, 2.05) is 30.3 Å². The first-order chi connectivity index (χ1) is 13.0. The van der Waals surface area contributed by atoms with E-state index in [0.717, 1.165) is 5.69 Å². The van der Waals surface area contributed by atoms with Gasteiger partial charge in [-0.2, -0.15) is 15.0 Å². The molecule has 27 heavy (non-hydrogen) atoms. The van der Waals surface area contributed by atoms with Crippen molar-refractivity contribution in [1.82, 2.24) is 15.0 Å². The molecule has 3 N–H and O–H groups in total. The standard InChI is InChI=1S/C18H17N5O3S/c1-27(25)14-9-7-12(8-10-14)16(24)26-11-15-21-17(19)23-18(22-15)20-13-5-3-2-4-6-13/h2-10H,11H2,1H3,(H3,19,20,21,22,23). The molecule has 0 fully saturated rings. The number of carbonyl (C=O) groups is 1. The number of benzene rings is 2. The molecule has 0 aliphatic carbocycles. The first-order valence-electron chi connectivity index (χ1n) is 7.94. The van der Waals surface area contributed by atoms with Crippen LogP contribution in [0.2, 0.25) is 0 Å². The van der Waals surface area contributed by atoms with Crippen molar-refractivity contribution in [3.63, 3.8) is 0 Å². The molecule has 3 aromatic rings. The van der Waals surface area contributed by atoms with Crippen molar-refractivity contribution in [2.24, 2.45) is 0 Å². The predicted molar refractivity (Wildman–Crippen MR) is 102 cm³/mol. The number of para-hydroxylation sites is 1. The van der Waals surface area contributed by atoms with E-state index in [2.05, 4.69) is 20.3 Å². The highest BCUT2D eigenvalue weighted by atomic mass is 32.2. The van der Waals surface area contributed by atoms with Gasteiger partial charge in [0, 0.05) is 27.6 Å². The lowest BCUT2D eigenvalue weighted by molar-refractivity contribution is 0.0462. The molecule has 3 rings (SSSR count). The van der Waals surface area contributed by atoms with E-state index in [4.69, 9.17) is 10.5 Å². The fraction of sp³-hybridized carbons (Fsp3) is 0.111. The molecule has 9 heteroatoms. The van der Waals surface area contributed by atoms with Crippen LogP contribution >= 0.6 is 0 Å². The van der Waals surface area contributed by atoms with Crippen LogP contribution in [0.1, 0.15) is 16.2 Å². The van der Waals surface area contributed by atoms with Gasteiger partial charge in [0.25, 0.3) is 0 Å². The smallest absolute Gasteiger partial charge is 0.338 e. The van der Waals surface area contributed by atoms with E-state index < -0.39 is 16.8 Å². The monoisotopic (exact) mass is 383 g/mol. The van der Waals surface area contributed by atoms with Gasteiger partial charge < -0.3 is 15.8 Å². The molecule has 0 spiro atoms. The summed E-state index contributed by atoms with van der Waals surface area (Å²) in [6.45, 7) is -0.156. The summed E-state index contributed by atoms with van der Waals surface area (Å²) < 4.78 is 16.6. The Morgan fingerprint density at radius 2 is 1.78 bits per heavy atom. The fourth-order valence-corrected chi connectivity index (χ4v) is 2.72. The van der Waals surface area contributed by atoms with Crippen LogP contribution in [0.5, 0.6) is 0 Å². The zero-order chi connectivity index (χ0) is 19.2. The number of hydrogen-bond donors (Lipinski definition) is 2. The molecule has 1 heterocycles. The molecule has 8 nitrogen and oxygen atoms in total. The van der Waals surface area contributed by atoms with E-state index in [-0.39, 0.29) is 24.3 Å². The Labute approximate surface area is 158 Å². The molecule has 2 aromatic carbocycles. The molecule has 1 atom stereocenters. The quantitative estimate of drug-likeness (QED) is 0.622. The number of nitrogens with zero attached hydrogens (tertiary/aromatic N) is 3. The summed E-state index contributed by atoms with van der Waals surface area (Å²) in [5, 5.41) is 3.01. The Balaban J connectivity index is 1.66. The second kappa shape index (κ2) is 8.37. The lowest BCUT2D eigenvalue weighted by Crippen LogP contribution is -2.11. The molecule has 0 bridgehead atoms. The molecule has 0 aliphatic heterocycles. The fourth-order valence-electron chi connectivity index (χ4n) is 2.21. The van der Waals surface area contributed by atoms with Gasteiger partial charge in [-0.15, -0.1) is 0 Å². The topological polar surface area (TPSA) is 120 Å². The zero-order valence-corrected chi connectivity index (χ0v) is 15.3. The third-order valence-electron chi connectivity index (χ3n) is 3.48. The Bertz CT molecular complexity index is 964. The van der Waals surface area contributed by atoms with Gasteiger partial charge in [-0.1, -0.05) is 18.2 Å². The molecule has 1 unspecified atom stereocenters. The van der Waals surface area contributed by atoms with Crippen LogP contribution in [0.25, 0.3) is 0 Å². The molecule has 0 saturated carbocycles. The second-order valence-corrected chi connectivity index (χ2v) is 6.86. The third-order valence-corrected chi connectivity index (χ3v) is 4.42. The highest BCUT2D eigenvalue weighted by Crippen LogP contribution is 2.14. The van der Waals surface area contributed by atoms with E-state index in [1.54, 1.807) is 30.5 Å². The SMILES string of the molecule is CS(=O)c1ccc(C(=O)OCc2nc(N)nc(Nc3ccccc3)n2)cc1. The summed E-state index contributed by atoms with van der Waals surface area (Å²) in [5.41, 5.74) is 6.84. The number of ether oxygens (including phenoxy) is 1. The lowest BCUT2D eigenvalue weighted by Gasteiger charge is -2.08. The van der Waals surface area contributed by atoms with Crippen LogP contribution in [-0.4, -0.2) is 31.4 Å². The highest BCUT2D eigenvalue weighted by Gasteiger charge is 2.11. The Kier molecular flexibility index (Phi) is 5.72. The van der Waals surface area contributed by atoms with Crippen LogP contribution in [0.4, 0.5) is 17.6 Å². The Morgan fingerprint density at radius 1 is 1.07 bits per heavy atom. The van der Waals surface area contributed by atoms with Gasteiger partial charge in [0.1, 0.15) is 0 Å². The summed E-state index contributed by atoms with van der Waals surface area (Å²) in [6, 6.07) is 15.7. The minimum atomic E-state index is -1.11. The predicted octanol–water partition coefficient (Wildman–Crippen LogP) is 2.29. The van der Waals surface area contributed by atoms with Gasteiger partial charge in [-0.05, 0) is 36.4 Å². The molecule has 0 radical (unpaired) electrons. The van der Waals surface area contributed by atoms with Gasteiger partial charge in [-0.25, -0.2) is 4.79 Å². The molecule has 138 valence electrons. The molecule has 1 aromatic heterocycles. The number of nitrogens with two attached hydrogens (primary N) is 1. The minimum absolute atomic E-state index is 0.0178. The van der Waals surface area contributed by atoms with Crippen LogP contribution in [0, 0.1) is 0 Å². The van der Waals surface area contributed by atoms with Crippen molar-refractivity contribution >= 4 is 34.4 Å². The van der Waals surface area contributed by atoms with Crippen molar-refractivity contribution in [1.29, 1.82) is 0 Å². The normalized spacial score (nSPS) is 11.6. The van der Waals surface area contributed by atoms with E-state index in [9.17, 15) is 9.00 Å². The summed E-state index contributed by atoms with van der Waals surface area (Å²) in [7, 11) is -1.11. The highest BCUT2D eigenvalue weighted by molar-refractivity contribution is 7.84. The van der Waals surface area contributed by atoms with Gasteiger partial charge >= 0.3 is 5.97 Å². The van der Waals surface area contributed by atoms with E-state index in [1.165, 1.54) is 0 Å². The number of rotatable bonds is 6. The zero-order valence-electron chi connectivity index (χ0n) is 14.5. The number of aromatic nitrogens is 3. The minimum Gasteiger partial charge on any atom is -0.454 e. The lowest BCUT2D eigenvalue weighted by atomic mass is 10.2. The van der Waals surface area contributed by atoms with Crippen LogP contribution in [-0.2, 0) is 22.1 Å². The first-order valence-corrected chi connectivity index (χ1v) is 9.50. The molecular formula is C18H17N5O3S. The summed E-state index contributed by atoms with van der Waals surface area (Å²) >= 11 is 0. The maximum absolute atomic E-state index is 12.1. The van der Waals surface area contributed by atoms with Crippen LogP contribution in [0.3, 0.4) is 0 Å². The number of carbonyl (C=O) groups excluding carboxylic acids is 1. The van der Waals surface area contributed by atoms with Crippen molar-refractivity contribution in [2.75, 3.05) is 17.3 Å². The molecular weight excluding hydrogens is 366 g/mol. The Morgan fingerprint density at radius 3 is 2.44 bits per heavy atom. The van der Waals surface area contributed by atoms with E-state index in [0.29, 0.717) is 10.5 Å². The Hall–Kier alpha value is -3.33. The molecule has 0 amide bonds. The van der Waals surface area contributed by atoms with Crippen molar-refractivity contribution in [3.8, 4) is 0 Å². The van der Waals surface area contributed by atoms with Crippen molar-refractivity contribution in [3.05, 3.63) is 66.0 Å². The van der Waals surface area contributed by atoms with Crippen LogP contribution < -0.4 is 11.1 Å². The van der Waals surface area contributed by atoms with Gasteiger partial charge in [0.2, 0.25) is 11.9 Å². The second-order valence-electron chi connectivity index (χ2n) is 5.48. The van der Waals surface area contributed by atoms with Crippen LogP contribution in [0.15, 0.2) is 59.5 Å². The maximum atomic E-state index is 12.1. The molecule has 0 aliphatic rings. The summed E-state index contributed by atoms with van der Waals surface area (Å²) in [5.74, 6) is -0.0423. The van der Waals surface area contributed by atoms with Gasteiger partial charge in [-0.3, -0.25) is 4.21 Å². The first kappa shape index (κ1) is 18.5. The number of nitrogens with one attached hydrogen (secondary N) is 1. The average molecular weight is 383 g/mol. The third kappa shape index (κ3) is 5.08. The largest absolute Gasteiger partial charge is 0.454 e. The number of hydrogen-bond acceptors (Lipinski definition) is 8. The van der Waals surface area contributed by atoms with Crippen molar-refractivity contribution in [2.45, 2.75) is 11.5 Å². The average Bonchev–Trinajstić information content (AvgIpc) is 2.66. The number of esters is 1. The van der Waals surface area contributed by atoms with E-state index >= 15 is 0 Å². The number of anilines is 3. The van der Waals surface area contributed by atoms with Gasteiger partial charge in [0.15, 0.2) is 12.4 Å². The maximum Gasteiger partial charge on any atom is 0.338 e. The summed E-state index contributed by atoms with van der Waals surface area (Å²) in [4.78, 5) is 25.0. The van der Waals surface area contributed by atoms with Crippen molar-refractivity contribution < 1.29 is 13.7 Å². The molecule has 0 saturated heterocycles.